The zero-order valence-corrected chi connectivity index (χ0v) is 26.3. The van der Waals surface area contributed by atoms with E-state index in [9.17, 15) is 4.57 Å². The topological polar surface area (TPSA) is 121 Å². The summed E-state index contributed by atoms with van der Waals surface area (Å²) in [7, 11) is 4.99. The number of nitrogens with one attached hydrogen (secondary N) is 2. The van der Waals surface area contributed by atoms with Crippen LogP contribution < -0.4 is 25.6 Å². The van der Waals surface area contributed by atoms with E-state index < -0.39 is 7.14 Å². The number of pyridine rings is 1. The molecule has 0 aliphatic heterocycles. The van der Waals surface area contributed by atoms with Gasteiger partial charge >= 0.3 is 0 Å². The lowest BCUT2D eigenvalue weighted by Crippen LogP contribution is -2.29. The molecular formula is C27H35BrN9O2P. The van der Waals surface area contributed by atoms with Crippen molar-refractivity contribution < 1.29 is 9.30 Å². The van der Waals surface area contributed by atoms with E-state index in [1.807, 2.05) is 25.2 Å². The predicted octanol–water partition coefficient (Wildman–Crippen LogP) is 4.88. The average molecular weight is 629 g/mol. The second-order valence-corrected chi connectivity index (χ2v) is 14.0. The standard InChI is InChI=1S/C27H35BrN9O2P/c1-8-17-15-21(26(39-5)35-25(17)37(4)14-13-36(2)3)33-27-31-16-18(28)24(34-27)32-20-10-9-19-22(30-12-11-29-19)23(20)40(6,7)38/h9-12,15-16H,8,13-14H2,1-7H3,(H2,31,32,33,34). The third-order valence-corrected chi connectivity index (χ3v) is 8.37. The number of benzene rings is 1. The lowest BCUT2D eigenvalue weighted by Gasteiger charge is -2.24. The first kappa shape index (κ1) is 29.6. The van der Waals surface area contributed by atoms with Crippen LogP contribution in [0.5, 0.6) is 5.88 Å². The second kappa shape index (κ2) is 12.4. The van der Waals surface area contributed by atoms with Gasteiger partial charge in [0.2, 0.25) is 11.8 Å². The van der Waals surface area contributed by atoms with E-state index >= 15 is 0 Å². The zero-order valence-electron chi connectivity index (χ0n) is 23.9. The number of aromatic nitrogens is 5. The number of hydrogen-bond donors (Lipinski definition) is 2. The fourth-order valence-corrected chi connectivity index (χ4v) is 5.93. The maximum absolute atomic E-state index is 13.3. The van der Waals surface area contributed by atoms with Crippen molar-refractivity contribution in [3.63, 3.8) is 0 Å². The Bertz CT molecular complexity index is 1560. The number of rotatable bonds is 11. The molecule has 0 saturated heterocycles. The maximum Gasteiger partial charge on any atom is 0.239 e. The van der Waals surface area contributed by atoms with Gasteiger partial charge in [0.15, 0.2) is 0 Å². The molecule has 13 heteroatoms. The largest absolute Gasteiger partial charge is 0.479 e. The Morgan fingerprint density at radius 1 is 1.00 bits per heavy atom. The summed E-state index contributed by atoms with van der Waals surface area (Å²) in [4.78, 5) is 27.1. The molecule has 0 aliphatic carbocycles. The van der Waals surface area contributed by atoms with Crippen LogP contribution in [0.25, 0.3) is 11.0 Å². The SMILES string of the molecule is CCc1cc(Nc2ncc(Br)c(Nc3ccc4nccnc4c3P(C)(C)=O)n2)c(OC)nc1N(C)CCN(C)C. The number of halogens is 1. The van der Waals surface area contributed by atoms with Crippen molar-refractivity contribution in [1.82, 2.24) is 29.8 Å². The fraction of sp³-hybridized carbons (Fsp3) is 0.370. The molecule has 0 aliphatic rings. The number of methoxy groups -OCH3 is 1. The fourth-order valence-electron chi connectivity index (χ4n) is 4.25. The summed E-state index contributed by atoms with van der Waals surface area (Å²) < 4.78 is 19.6. The van der Waals surface area contributed by atoms with Gasteiger partial charge in [-0.05, 0) is 73.5 Å². The van der Waals surface area contributed by atoms with E-state index in [1.165, 1.54) is 0 Å². The van der Waals surface area contributed by atoms with Crippen molar-refractivity contribution in [2.45, 2.75) is 13.3 Å². The molecule has 2 N–H and O–H groups in total. The number of anilines is 5. The lowest BCUT2D eigenvalue weighted by molar-refractivity contribution is 0.398. The number of ether oxygens (including phenoxy) is 1. The highest BCUT2D eigenvalue weighted by molar-refractivity contribution is 9.10. The average Bonchev–Trinajstić information content (AvgIpc) is 2.92. The summed E-state index contributed by atoms with van der Waals surface area (Å²) in [6, 6.07) is 5.72. The Kier molecular flexibility index (Phi) is 9.22. The molecule has 0 spiro atoms. The minimum absolute atomic E-state index is 0.347. The lowest BCUT2D eigenvalue weighted by atomic mass is 10.1. The van der Waals surface area contributed by atoms with Gasteiger partial charge in [-0.15, -0.1) is 0 Å². The molecule has 0 bridgehead atoms. The van der Waals surface area contributed by atoms with Gasteiger partial charge < -0.3 is 29.7 Å². The first-order chi connectivity index (χ1) is 19.0. The van der Waals surface area contributed by atoms with E-state index in [2.05, 4.69) is 72.3 Å². The van der Waals surface area contributed by atoms with Crippen molar-refractivity contribution in [2.75, 3.05) is 70.2 Å². The summed E-state index contributed by atoms with van der Waals surface area (Å²) in [6.45, 7) is 7.27. The second-order valence-electron chi connectivity index (χ2n) is 9.98. The van der Waals surface area contributed by atoms with Gasteiger partial charge in [0, 0.05) is 38.7 Å². The van der Waals surface area contributed by atoms with Crippen LogP contribution in [0.3, 0.4) is 0 Å². The molecule has 0 amide bonds. The van der Waals surface area contributed by atoms with Crippen LogP contribution in [0.15, 0.2) is 41.3 Å². The molecule has 11 nitrogen and oxygen atoms in total. The summed E-state index contributed by atoms with van der Waals surface area (Å²) in [5.74, 6) is 2.16. The Morgan fingerprint density at radius 2 is 1.75 bits per heavy atom. The smallest absolute Gasteiger partial charge is 0.239 e. The molecule has 0 radical (unpaired) electrons. The Morgan fingerprint density at radius 3 is 2.42 bits per heavy atom. The molecule has 3 heterocycles. The molecule has 4 aromatic rings. The monoisotopic (exact) mass is 627 g/mol. The molecule has 3 aromatic heterocycles. The first-order valence-corrected chi connectivity index (χ1v) is 16.2. The number of aryl methyl sites for hydroxylation is 1. The molecule has 212 valence electrons. The molecular weight excluding hydrogens is 593 g/mol. The third kappa shape index (κ3) is 6.68. The van der Waals surface area contributed by atoms with Crippen molar-refractivity contribution in [3.05, 3.63) is 46.8 Å². The molecule has 40 heavy (non-hydrogen) atoms. The van der Waals surface area contributed by atoms with Crippen molar-refractivity contribution in [3.8, 4) is 5.88 Å². The van der Waals surface area contributed by atoms with Crippen molar-refractivity contribution in [1.29, 1.82) is 0 Å². The Labute approximate surface area is 243 Å². The normalized spacial score (nSPS) is 11.6. The van der Waals surface area contributed by atoms with Crippen LogP contribution in [0, 0.1) is 0 Å². The number of fused-ring (bicyclic) bond motifs is 1. The number of nitrogens with zero attached hydrogens (tertiary/aromatic N) is 7. The van der Waals surface area contributed by atoms with Crippen LogP contribution >= 0.6 is 23.1 Å². The number of likely N-dealkylation sites (N-methyl/N-ethyl adjacent to an activating group) is 2. The van der Waals surface area contributed by atoms with Gasteiger partial charge in [0.05, 0.1) is 28.1 Å². The minimum atomic E-state index is -2.73. The van der Waals surface area contributed by atoms with Gasteiger partial charge in [0.1, 0.15) is 30.0 Å². The van der Waals surface area contributed by atoms with Gasteiger partial charge in [-0.3, -0.25) is 9.97 Å². The van der Waals surface area contributed by atoms with E-state index in [0.717, 1.165) is 30.9 Å². The Hall–Kier alpha value is -3.34. The summed E-state index contributed by atoms with van der Waals surface area (Å²) >= 11 is 3.54. The van der Waals surface area contributed by atoms with E-state index in [1.54, 1.807) is 39.0 Å². The van der Waals surface area contributed by atoms with E-state index in [4.69, 9.17) is 14.7 Å². The molecule has 1 aromatic carbocycles. The quantitative estimate of drug-likeness (QED) is 0.221. The Balaban J connectivity index is 1.68. The van der Waals surface area contributed by atoms with Crippen molar-refractivity contribution in [2.24, 2.45) is 0 Å². The van der Waals surface area contributed by atoms with E-state index in [0.29, 0.717) is 49.8 Å². The molecule has 0 saturated carbocycles. The molecule has 4 rings (SSSR count). The minimum Gasteiger partial charge on any atom is -0.479 e. The highest BCUT2D eigenvalue weighted by Gasteiger charge is 2.23. The van der Waals surface area contributed by atoms with Crippen LogP contribution in [0.1, 0.15) is 12.5 Å². The van der Waals surface area contributed by atoms with Gasteiger partial charge in [-0.2, -0.15) is 9.97 Å². The van der Waals surface area contributed by atoms with Gasteiger partial charge in [0.25, 0.3) is 0 Å². The van der Waals surface area contributed by atoms with Crippen LogP contribution in [-0.2, 0) is 11.0 Å². The summed E-state index contributed by atoms with van der Waals surface area (Å²) in [5, 5.41) is 7.21. The first-order valence-electron chi connectivity index (χ1n) is 12.8. The van der Waals surface area contributed by atoms with Crippen LogP contribution in [-0.4, -0.2) is 84.5 Å². The highest BCUT2D eigenvalue weighted by Crippen LogP contribution is 2.41. The third-order valence-electron chi connectivity index (χ3n) is 6.26. The summed E-state index contributed by atoms with van der Waals surface area (Å²) in [5.41, 5.74) is 3.65. The highest BCUT2D eigenvalue weighted by atomic mass is 79.9. The predicted molar refractivity (Wildman–Crippen MR) is 167 cm³/mol. The molecule has 0 unspecified atom stereocenters. The molecule has 0 fully saturated rings. The van der Waals surface area contributed by atoms with Crippen LogP contribution in [0.4, 0.5) is 29.0 Å². The van der Waals surface area contributed by atoms with E-state index in [-0.39, 0.29) is 0 Å². The van der Waals surface area contributed by atoms with Crippen molar-refractivity contribution >= 4 is 68.4 Å². The van der Waals surface area contributed by atoms with Gasteiger partial charge in [-0.25, -0.2) is 4.98 Å². The zero-order chi connectivity index (χ0) is 29.0. The summed E-state index contributed by atoms with van der Waals surface area (Å²) in [6.07, 6.45) is 5.67. The number of hydrogen-bond acceptors (Lipinski definition) is 11. The molecule has 0 atom stereocenters. The van der Waals surface area contributed by atoms with Crippen LogP contribution in [0.2, 0.25) is 0 Å². The van der Waals surface area contributed by atoms with Gasteiger partial charge in [-0.1, -0.05) is 6.92 Å². The maximum atomic E-state index is 13.3.